The summed E-state index contributed by atoms with van der Waals surface area (Å²) in [5.41, 5.74) is 2.66. The summed E-state index contributed by atoms with van der Waals surface area (Å²) in [6, 6.07) is 12.3. The second-order valence-electron chi connectivity index (χ2n) is 5.57. The van der Waals surface area contributed by atoms with Gasteiger partial charge in [0, 0.05) is 6.08 Å². The molecule has 0 amide bonds. The zero-order valence-electron chi connectivity index (χ0n) is 13.6. The summed E-state index contributed by atoms with van der Waals surface area (Å²) in [6.45, 7) is 3.61. The second-order valence-corrected chi connectivity index (χ2v) is 5.57. The van der Waals surface area contributed by atoms with Crippen LogP contribution in [-0.4, -0.2) is 22.3 Å². The second kappa shape index (κ2) is 8.02. The summed E-state index contributed by atoms with van der Waals surface area (Å²) in [5, 5.41) is 18.7. The standard InChI is InChI=1S/C20H20O4/c1-14(2)24-20(23)12-10-16-5-3-15(4-6-16)7-8-17-9-11-18(21)19(22)13-17/h3-14,21-22H,1-2H3/b8-7+,12-10+. The lowest BCUT2D eigenvalue weighted by Gasteiger charge is -2.03. The molecule has 0 spiro atoms. The summed E-state index contributed by atoms with van der Waals surface area (Å²) in [5.74, 6) is -0.647. The number of hydrogen-bond donors (Lipinski definition) is 2. The van der Waals surface area contributed by atoms with Gasteiger partial charge >= 0.3 is 5.97 Å². The lowest BCUT2D eigenvalue weighted by Crippen LogP contribution is -2.08. The summed E-state index contributed by atoms with van der Waals surface area (Å²) in [4.78, 5) is 11.4. The molecule has 24 heavy (non-hydrogen) atoms. The van der Waals surface area contributed by atoms with Crippen LogP contribution in [0.15, 0.2) is 48.5 Å². The largest absolute Gasteiger partial charge is 0.504 e. The molecule has 0 saturated carbocycles. The van der Waals surface area contributed by atoms with Gasteiger partial charge in [-0.3, -0.25) is 0 Å². The molecule has 0 aliphatic rings. The fraction of sp³-hybridized carbons (Fsp3) is 0.150. The van der Waals surface area contributed by atoms with Crippen molar-refractivity contribution in [2.45, 2.75) is 20.0 Å². The average Bonchev–Trinajstić information content (AvgIpc) is 2.54. The van der Waals surface area contributed by atoms with Crippen molar-refractivity contribution in [2.75, 3.05) is 0 Å². The molecule has 124 valence electrons. The average molecular weight is 324 g/mol. The van der Waals surface area contributed by atoms with Gasteiger partial charge in [0.15, 0.2) is 11.5 Å². The molecule has 0 atom stereocenters. The highest BCUT2D eigenvalue weighted by Crippen LogP contribution is 2.25. The highest BCUT2D eigenvalue weighted by Gasteiger charge is 2.00. The van der Waals surface area contributed by atoms with Crippen LogP contribution in [0.2, 0.25) is 0 Å². The van der Waals surface area contributed by atoms with Gasteiger partial charge in [0.1, 0.15) is 0 Å². The third-order valence-corrected chi connectivity index (χ3v) is 3.17. The SMILES string of the molecule is CC(C)OC(=O)/C=C/c1ccc(/C=C/c2ccc(O)c(O)c2)cc1. The van der Waals surface area contributed by atoms with Crippen LogP contribution in [0.1, 0.15) is 30.5 Å². The molecule has 2 rings (SSSR count). The van der Waals surface area contributed by atoms with Gasteiger partial charge in [-0.2, -0.15) is 0 Å². The normalized spacial score (nSPS) is 11.5. The molecule has 0 radical (unpaired) electrons. The summed E-state index contributed by atoms with van der Waals surface area (Å²) < 4.78 is 5.03. The van der Waals surface area contributed by atoms with Crippen LogP contribution in [0.3, 0.4) is 0 Å². The first-order chi connectivity index (χ1) is 11.4. The number of phenolic OH excluding ortho intramolecular Hbond substituents is 2. The van der Waals surface area contributed by atoms with E-state index in [1.807, 2.05) is 36.4 Å². The maximum absolute atomic E-state index is 11.4. The Morgan fingerprint density at radius 2 is 1.42 bits per heavy atom. The van der Waals surface area contributed by atoms with Gasteiger partial charge in [0.05, 0.1) is 6.10 Å². The van der Waals surface area contributed by atoms with Crippen LogP contribution in [0.5, 0.6) is 11.5 Å². The lowest BCUT2D eigenvalue weighted by molar-refractivity contribution is -0.141. The lowest BCUT2D eigenvalue weighted by atomic mass is 10.1. The number of carbonyl (C=O) groups excluding carboxylic acids is 1. The van der Waals surface area contributed by atoms with E-state index < -0.39 is 0 Å². The Labute approximate surface area is 141 Å². The molecule has 0 unspecified atom stereocenters. The minimum atomic E-state index is -0.360. The van der Waals surface area contributed by atoms with E-state index in [1.165, 1.54) is 18.2 Å². The van der Waals surface area contributed by atoms with Crippen molar-refractivity contribution in [3.8, 4) is 11.5 Å². The van der Waals surface area contributed by atoms with Crippen molar-refractivity contribution < 1.29 is 19.7 Å². The number of phenols is 2. The van der Waals surface area contributed by atoms with Gasteiger partial charge in [0.25, 0.3) is 0 Å². The van der Waals surface area contributed by atoms with Crippen LogP contribution >= 0.6 is 0 Å². The van der Waals surface area contributed by atoms with E-state index in [0.717, 1.165) is 16.7 Å². The number of esters is 1. The molecule has 0 fully saturated rings. The molecule has 4 nitrogen and oxygen atoms in total. The van der Waals surface area contributed by atoms with Gasteiger partial charge in [0.2, 0.25) is 0 Å². The van der Waals surface area contributed by atoms with E-state index >= 15 is 0 Å². The molecule has 0 bridgehead atoms. The van der Waals surface area contributed by atoms with Gasteiger partial charge in [-0.25, -0.2) is 4.79 Å². The highest BCUT2D eigenvalue weighted by molar-refractivity contribution is 5.87. The first-order valence-electron chi connectivity index (χ1n) is 7.63. The van der Waals surface area contributed by atoms with E-state index in [2.05, 4.69) is 0 Å². The first-order valence-corrected chi connectivity index (χ1v) is 7.63. The number of aromatic hydroxyl groups is 2. The molecule has 0 aliphatic carbocycles. The van der Waals surface area contributed by atoms with Gasteiger partial charge in [-0.1, -0.05) is 42.5 Å². The molecule has 0 saturated heterocycles. The van der Waals surface area contributed by atoms with E-state index in [1.54, 1.807) is 26.0 Å². The third-order valence-electron chi connectivity index (χ3n) is 3.17. The predicted octanol–water partition coefficient (Wildman–Crippen LogP) is 4.23. The predicted molar refractivity (Wildman–Crippen MR) is 95.4 cm³/mol. The van der Waals surface area contributed by atoms with E-state index in [9.17, 15) is 15.0 Å². The molecule has 0 heterocycles. The van der Waals surface area contributed by atoms with Gasteiger partial charge in [-0.05, 0) is 48.7 Å². The Morgan fingerprint density at radius 3 is 2.00 bits per heavy atom. The van der Waals surface area contributed by atoms with Crippen LogP contribution in [0, 0.1) is 0 Å². The molecule has 2 N–H and O–H groups in total. The molecular formula is C20H20O4. The fourth-order valence-corrected chi connectivity index (χ4v) is 1.99. The van der Waals surface area contributed by atoms with Crippen molar-refractivity contribution in [2.24, 2.45) is 0 Å². The van der Waals surface area contributed by atoms with Crippen molar-refractivity contribution in [3.05, 3.63) is 65.2 Å². The first kappa shape index (κ1) is 17.3. The van der Waals surface area contributed by atoms with Crippen molar-refractivity contribution in [1.82, 2.24) is 0 Å². The Bertz CT molecular complexity index is 756. The minimum absolute atomic E-state index is 0.131. The monoisotopic (exact) mass is 324 g/mol. The van der Waals surface area contributed by atoms with E-state index in [0.29, 0.717) is 0 Å². The molecule has 4 heteroatoms. The maximum atomic E-state index is 11.4. The number of rotatable bonds is 5. The van der Waals surface area contributed by atoms with Crippen molar-refractivity contribution in [1.29, 1.82) is 0 Å². The fourth-order valence-electron chi connectivity index (χ4n) is 1.99. The molecular weight excluding hydrogens is 304 g/mol. The summed E-state index contributed by atoms with van der Waals surface area (Å²) in [6.07, 6.45) is 6.71. The van der Waals surface area contributed by atoms with Gasteiger partial charge in [-0.15, -0.1) is 0 Å². The van der Waals surface area contributed by atoms with Crippen LogP contribution in [0.4, 0.5) is 0 Å². The third kappa shape index (κ3) is 5.32. The van der Waals surface area contributed by atoms with Crippen LogP contribution in [0.25, 0.3) is 18.2 Å². The smallest absolute Gasteiger partial charge is 0.331 e. The van der Waals surface area contributed by atoms with E-state index in [-0.39, 0.29) is 23.6 Å². The zero-order valence-corrected chi connectivity index (χ0v) is 13.6. The van der Waals surface area contributed by atoms with Crippen molar-refractivity contribution in [3.63, 3.8) is 0 Å². The highest BCUT2D eigenvalue weighted by atomic mass is 16.5. The van der Waals surface area contributed by atoms with E-state index in [4.69, 9.17) is 4.74 Å². The molecule has 2 aromatic rings. The summed E-state index contributed by atoms with van der Waals surface area (Å²) >= 11 is 0. The Hall–Kier alpha value is -3.01. The number of carbonyl (C=O) groups is 1. The quantitative estimate of drug-likeness (QED) is 0.374. The number of hydrogen-bond acceptors (Lipinski definition) is 4. The van der Waals surface area contributed by atoms with Gasteiger partial charge < -0.3 is 14.9 Å². The maximum Gasteiger partial charge on any atom is 0.331 e. The van der Waals surface area contributed by atoms with Crippen molar-refractivity contribution >= 4 is 24.2 Å². The van der Waals surface area contributed by atoms with Crippen LogP contribution < -0.4 is 0 Å². The topological polar surface area (TPSA) is 66.8 Å². The molecule has 2 aromatic carbocycles. The number of ether oxygens (including phenoxy) is 1. The Morgan fingerprint density at radius 1 is 0.875 bits per heavy atom. The Kier molecular flexibility index (Phi) is 5.79. The summed E-state index contributed by atoms with van der Waals surface area (Å²) in [7, 11) is 0. The minimum Gasteiger partial charge on any atom is -0.504 e. The van der Waals surface area contributed by atoms with Crippen LogP contribution in [-0.2, 0) is 9.53 Å². The zero-order chi connectivity index (χ0) is 17.5. The Balaban J connectivity index is 2.01. The number of benzene rings is 2. The molecule has 0 aromatic heterocycles. The molecule has 0 aliphatic heterocycles.